The van der Waals surface area contributed by atoms with Gasteiger partial charge in [-0.25, -0.2) is 9.78 Å². The lowest BCUT2D eigenvalue weighted by Gasteiger charge is -2.17. The fourth-order valence-corrected chi connectivity index (χ4v) is 2.54. The standard InChI is InChI=1S/C19H22N2O3/c1-11(2)15-7-6-14(9-16(15)12(3)4)21-18(22)13-5-8-17(19(23)24)20-10-13/h5-12H,1-4H3,(H,21,22)(H,23,24). The molecular formula is C19H22N2O3. The number of rotatable bonds is 5. The molecule has 24 heavy (non-hydrogen) atoms. The van der Waals surface area contributed by atoms with Gasteiger partial charge in [-0.1, -0.05) is 33.8 Å². The van der Waals surface area contributed by atoms with Crippen molar-refractivity contribution in [2.24, 2.45) is 0 Å². The highest BCUT2D eigenvalue weighted by Crippen LogP contribution is 2.29. The molecule has 0 unspecified atom stereocenters. The summed E-state index contributed by atoms with van der Waals surface area (Å²) in [6.07, 6.45) is 1.27. The van der Waals surface area contributed by atoms with E-state index in [0.29, 0.717) is 17.4 Å². The zero-order valence-corrected chi connectivity index (χ0v) is 14.3. The molecule has 2 rings (SSSR count). The fourth-order valence-electron chi connectivity index (χ4n) is 2.54. The highest BCUT2D eigenvalue weighted by atomic mass is 16.4. The molecule has 1 aromatic carbocycles. The summed E-state index contributed by atoms with van der Waals surface area (Å²) in [6, 6.07) is 8.70. The van der Waals surface area contributed by atoms with Crippen LogP contribution in [-0.4, -0.2) is 22.0 Å². The highest BCUT2D eigenvalue weighted by Gasteiger charge is 2.13. The van der Waals surface area contributed by atoms with Crippen LogP contribution < -0.4 is 5.32 Å². The minimum atomic E-state index is -1.12. The van der Waals surface area contributed by atoms with E-state index in [0.717, 1.165) is 5.69 Å². The molecule has 2 aromatic rings. The van der Waals surface area contributed by atoms with E-state index in [4.69, 9.17) is 5.11 Å². The van der Waals surface area contributed by atoms with E-state index in [1.165, 1.54) is 29.5 Å². The van der Waals surface area contributed by atoms with E-state index < -0.39 is 5.97 Å². The van der Waals surface area contributed by atoms with E-state index in [1.807, 2.05) is 18.2 Å². The van der Waals surface area contributed by atoms with Crippen molar-refractivity contribution in [3.63, 3.8) is 0 Å². The van der Waals surface area contributed by atoms with E-state index in [9.17, 15) is 9.59 Å². The number of nitrogens with one attached hydrogen (secondary N) is 1. The number of anilines is 1. The van der Waals surface area contributed by atoms with Gasteiger partial charge in [-0.05, 0) is 47.2 Å². The van der Waals surface area contributed by atoms with Gasteiger partial charge in [-0.2, -0.15) is 0 Å². The molecule has 5 heteroatoms. The van der Waals surface area contributed by atoms with E-state index in [1.54, 1.807) is 0 Å². The molecule has 0 spiro atoms. The Morgan fingerprint density at radius 1 is 1.00 bits per heavy atom. The van der Waals surface area contributed by atoms with Crippen LogP contribution in [0.25, 0.3) is 0 Å². The number of benzene rings is 1. The van der Waals surface area contributed by atoms with Gasteiger partial charge in [0.1, 0.15) is 5.69 Å². The SMILES string of the molecule is CC(C)c1ccc(NC(=O)c2ccc(C(=O)O)nc2)cc1C(C)C. The number of carbonyl (C=O) groups excluding carboxylic acids is 1. The molecule has 0 aliphatic carbocycles. The molecule has 1 aromatic heterocycles. The second kappa shape index (κ2) is 7.25. The molecule has 5 nitrogen and oxygen atoms in total. The minimum Gasteiger partial charge on any atom is -0.477 e. The van der Waals surface area contributed by atoms with E-state index >= 15 is 0 Å². The molecule has 126 valence electrons. The lowest BCUT2D eigenvalue weighted by molar-refractivity contribution is 0.0690. The molecule has 0 saturated carbocycles. The molecule has 1 heterocycles. The normalized spacial score (nSPS) is 10.9. The van der Waals surface area contributed by atoms with Crippen LogP contribution in [-0.2, 0) is 0 Å². The largest absolute Gasteiger partial charge is 0.477 e. The number of carboxylic acids is 1. The summed E-state index contributed by atoms with van der Waals surface area (Å²) in [4.78, 5) is 26.9. The molecule has 0 aliphatic heterocycles. The lowest BCUT2D eigenvalue weighted by atomic mass is 9.90. The number of carbonyl (C=O) groups is 2. The molecular weight excluding hydrogens is 304 g/mol. The molecule has 1 amide bonds. The average Bonchev–Trinajstić information content (AvgIpc) is 2.54. The van der Waals surface area contributed by atoms with Gasteiger partial charge < -0.3 is 10.4 Å². The Bertz CT molecular complexity index is 750. The summed E-state index contributed by atoms with van der Waals surface area (Å²) in [6.45, 7) is 8.55. The van der Waals surface area contributed by atoms with Crippen molar-refractivity contribution in [1.29, 1.82) is 0 Å². The van der Waals surface area contributed by atoms with Crippen LogP contribution in [0.3, 0.4) is 0 Å². The Balaban J connectivity index is 2.22. The first-order valence-corrected chi connectivity index (χ1v) is 7.94. The van der Waals surface area contributed by atoms with Crippen LogP contribution >= 0.6 is 0 Å². The van der Waals surface area contributed by atoms with Crippen molar-refractivity contribution in [3.8, 4) is 0 Å². The van der Waals surface area contributed by atoms with Crippen LogP contribution in [0, 0.1) is 0 Å². The Labute approximate surface area is 141 Å². The maximum absolute atomic E-state index is 12.3. The Morgan fingerprint density at radius 2 is 1.67 bits per heavy atom. The number of amides is 1. The number of aromatic carboxylic acids is 1. The first-order chi connectivity index (χ1) is 11.3. The zero-order valence-electron chi connectivity index (χ0n) is 14.3. The van der Waals surface area contributed by atoms with Crippen molar-refractivity contribution in [2.75, 3.05) is 5.32 Å². The maximum atomic E-state index is 12.3. The smallest absolute Gasteiger partial charge is 0.354 e. The Morgan fingerprint density at radius 3 is 2.17 bits per heavy atom. The maximum Gasteiger partial charge on any atom is 0.354 e. The molecule has 0 atom stereocenters. The summed E-state index contributed by atoms with van der Waals surface area (Å²) < 4.78 is 0. The van der Waals surface area contributed by atoms with Crippen LogP contribution in [0.15, 0.2) is 36.5 Å². The van der Waals surface area contributed by atoms with Crippen LogP contribution in [0.5, 0.6) is 0 Å². The monoisotopic (exact) mass is 326 g/mol. The summed E-state index contributed by atoms with van der Waals surface area (Å²) in [5.74, 6) is -0.657. The molecule has 0 radical (unpaired) electrons. The van der Waals surface area contributed by atoms with Crippen molar-refractivity contribution >= 4 is 17.6 Å². The zero-order chi connectivity index (χ0) is 17.9. The molecule has 0 saturated heterocycles. The van der Waals surface area contributed by atoms with E-state index in [-0.39, 0.29) is 11.6 Å². The third-order valence-corrected chi connectivity index (χ3v) is 3.83. The summed E-state index contributed by atoms with van der Waals surface area (Å²) >= 11 is 0. The number of aromatic nitrogens is 1. The molecule has 0 bridgehead atoms. The quantitative estimate of drug-likeness (QED) is 0.859. The fraction of sp³-hybridized carbons (Fsp3) is 0.316. The van der Waals surface area contributed by atoms with Crippen molar-refractivity contribution in [1.82, 2.24) is 4.98 Å². The third kappa shape index (κ3) is 3.98. The van der Waals surface area contributed by atoms with Gasteiger partial charge >= 0.3 is 5.97 Å². The number of carboxylic acid groups (broad SMARTS) is 1. The van der Waals surface area contributed by atoms with Crippen LogP contribution in [0.1, 0.15) is 71.5 Å². The number of nitrogens with zero attached hydrogens (tertiary/aromatic N) is 1. The summed E-state index contributed by atoms with van der Waals surface area (Å²) in [7, 11) is 0. The van der Waals surface area contributed by atoms with Gasteiger partial charge in [0.15, 0.2) is 0 Å². The first kappa shape index (κ1) is 17.7. The van der Waals surface area contributed by atoms with Gasteiger partial charge in [-0.3, -0.25) is 4.79 Å². The molecule has 0 fully saturated rings. The minimum absolute atomic E-state index is 0.0880. The van der Waals surface area contributed by atoms with Crippen molar-refractivity contribution in [2.45, 2.75) is 39.5 Å². The lowest BCUT2D eigenvalue weighted by Crippen LogP contribution is -2.13. The molecule has 0 aliphatic rings. The summed E-state index contributed by atoms with van der Waals surface area (Å²) in [5.41, 5.74) is 3.43. The van der Waals surface area contributed by atoms with Crippen molar-refractivity contribution < 1.29 is 14.7 Å². The van der Waals surface area contributed by atoms with Crippen LogP contribution in [0.2, 0.25) is 0 Å². The predicted octanol–water partition coefficient (Wildman–Crippen LogP) is 4.28. The second-order valence-electron chi connectivity index (χ2n) is 6.34. The van der Waals surface area contributed by atoms with E-state index in [2.05, 4.69) is 38.0 Å². The van der Waals surface area contributed by atoms with Gasteiger partial charge in [0.2, 0.25) is 0 Å². The van der Waals surface area contributed by atoms with Gasteiger partial charge in [0.05, 0.1) is 5.56 Å². The highest BCUT2D eigenvalue weighted by molar-refractivity contribution is 6.04. The Hall–Kier alpha value is -2.69. The van der Waals surface area contributed by atoms with Gasteiger partial charge in [-0.15, -0.1) is 0 Å². The number of hydrogen-bond acceptors (Lipinski definition) is 3. The van der Waals surface area contributed by atoms with Crippen molar-refractivity contribution in [3.05, 3.63) is 58.9 Å². The molecule has 2 N–H and O–H groups in total. The second-order valence-corrected chi connectivity index (χ2v) is 6.34. The van der Waals surface area contributed by atoms with Crippen LogP contribution in [0.4, 0.5) is 5.69 Å². The first-order valence-electron chi connectivity index (χ1n) is 7.94. The number of pyridine rings is 1. The number of hydrogen-bond donors (Lipinski definition) is 2. The average molecular weight is 326 g/mol. The van der Waals surface area contributed by atoms with Gasteiger partial charge in [0, 0.05) is 11.9 Å². The van der Waals surface area contributed by atoms with Gasteiger partial charge in [0.25, 0.3) is 5.91 Å². The topological polar surface area (TPSA) is 79.3 Å². The predicted molar refractivity (Wildman–Crippen MR) is 93.8 cm³/mol. The Kier molecular flexibility index (Phi) is 5.34. The summed E-state index contributed by atoms with van der Waals surface area (Å²) in [5, 5.41) is 11.7. The third-order valence-electron chi connectivity index (χ3n) is 3.83.